The number of hydrogen-bond acceptors (Lipinski definition) is 5. The van der Waals surface area contributed by atoms with E-state index in [2.05, 4.69) is 74.8 Å². The molecule has 3 aromatic carbocycles. The third-order valence-electron chi connectivity index (χ3n) is 9.09. The SMILES string of the molecule is CCC(C)c1nn(-c2ccnc(Cl)c2)c(-c2ccc(F)cc2)c1Br.CCC(C)c1nn(-c2ccnc(Nc3ccccc3)c2)c(-c2ccc(F)cc2)c1Br. The van der Waals surface area contributed by atoms with Gasteiger partial charge in [-0.2, -0.15) is 10.2 Å². The average Bonchev–Trinajstić information content (AvgIpc) is 3.72. The van der Waals surface area contributed by atoms with Gasteiger partial charge in [-0.25, -0.2) is 28.1 Å². The predicted molar refractivity (Wildman–Crippen MR) is 221 cm³/mol. The van der Waals surface area contributed by atoms with Crippen LogP contribution in [0.4, 0.5) is 20.3 Å². The van der Waals surface area contributed by atoms with Crippen molar-refractivity contribution in [3.05, 3.63) is 153 Å². The lowest BCUT2D eigenvalue weighted by molar-refractivity contribution is 0.627. The molecule has 0 saturated heterocycles. The summed E-state index contributed by atoms with van der Waals surface area (Å²) < 4.78 is 32.4. The van der Waals surface area contributed by atoms with Crippen molar-refractivity contribution < 1.29 is 8.78 Å². The van der Waals surface area contributed by atoms with Gasteiger partial charge < -0.3 is 5.32 Å². The van der Waals surface area contributed by atoms with Gasteiger partial charge in [-0.05, 0) is 117 Å². The zero-order chi connectivity index (χ0) is 38.4. The highest BCUT2D eigenvalue weighted by atomic mass is 79.9. The number of nitrogens with one attached hydrogen (secondary N) is 1. The Morgan fingerprint density at radius 3 is 1.57 bits per heavy atom. The Morgan fingerprint density at radius 1 is 0.648 bits per heavy atom. The standard InChI is InChI=1S/C24H22BrFN4.C18H16BrClFN3/c1-3-16(2)23-22(25)24(17-9-11-18(26)12-10-17)30(29-23)20-13-14-27-21(15-20)28-19-7-5-4-6-8-19;1-3-11(2)17-16(19)18(12-4-6-13(21)7-5-12)24(23-17)14-8-9-22-15(20)10-14/h4-16H,3H2,1-2H3,(H,27,28);4-11H,3H2,1-2H3. The van der Waals surface area contributed by atoms with Crippen LogP contribution in [-0.2, 0) is 0 Å². The van der Waals surface area contributed by atoms with Crippen molar-refractivity contribution in [2.45, 2.75) is 52.4 Å². The Bertz CT molecular complexity index is 2330. The maximum absolute atomic E-state index is 13.5. The molecular weight excluding hydrogens is 836 g/mol. The number of halogens is 5. The van der Waals surface area contributed by atoms with Crippen LogP contribution in [0.15, 0.2) is 124 Å². The molecule has 2 atom stereocenters. The van der Waals surface area contributed by atoms with Gasteiger partial charge in [0.15, 0.2) is 0 Å². The smallest absolute Gasteiger partial charge is 0.132 e. The molecule has 0 aliphatic rings. The van der Waals surface area contributed by atoms with E-state index in [-0.39, 0.29) is 23.5 Å². The first kappa shape index (κ1) is 39.0. The highest BCUT2D eigenvalue weighted by Gasteiger charge is 2.23. The number of nitrogens with zero attached hydrogens (tertiary/aromatic N) is 6. The fourth-order valence-corrected chi connectivity index (χ4v) is 7.65. The molecule has 4 heterocycles. The second-order valence-electron chi connectivity index (χ2n) is 12.8. The van der Waals surface area contributed by atoms with Crippen molar-refractivity contribution in [2.75, 3.05) is 5.32 Å². The summed E-state index contributed by atoms with van der Waals surface area (Å²) in [6.07, 6.45) is 5.34. The molecule has 7 rings (SSSR count). The molecule has 0 spiro atoms. The Balaban J connectivity index is 0.000000189. The number of aromatic nitrogens is 6. The van der Waals surface area contributed by atoms with E-state index in [1.54, 1.807) is 42.7 Å². The van der Waals surface area contributed by atoms with E-state index in [4.69, 9.17) is 21.8 Å². The first-order chi connectivity index (χ1) is 26.1. The van der Waals surface area contributed by atoms with Crippen LogP contribution in [0.25, 0.3) is 33.9 Å². The molecule has 7 nitrogen and oxygen atoms in total. The van der Waals surface area contributed by atoms with E-state index in [0.717, 1.165) is 78.6 Å². The highest BCUT2D eigenvalue weighted by Crippen LogP contribution is 2.39. The quantitative estimate of drug-likeness (QED) is 0.139. The minimum absolute atomic E-state index is 0.263. The number of rotatable bonds is 10. The lowest BCUT2D eigenvalue weighted by atomic mass is 10.0. The molecule has 0 fully saturated rings. The molecule has 0 amide bonds. The van der Waals surface area contributed by atoms with Gasteiger partial charge in [-0.1, -0.05) is 57.5 Å². The second-order valence-corrected chi connectivity index (χ2v) is 14.8. The Hall–Kier alpha value is -4.71. The van der Waals surface area contributed by atoms with Crippen LogP contribution in [-0.4, -0.2) is 29.5 Å². The fourth-order valence-electron chi connectivity index (χ4n) is 5.75. The summed E-state index contributed by atoms with van der Waals surface area (Å²) in [5, 5.41) is 13.4. The van der Waals surface area contributed by atoms with Gasteiger partial charge in [0.25, 0.3) is 0 Å². The Labute approximate surface area is 335 Å². The predicted octanol–water partition coefficient (Wildman–Crippen LogP) is 13.1. The largest absolute Gasteiger partial charge is 0.340 e. The maximum Gasteiger partial charge on any atom is 0.132 e. The average molecular weight is 874 g/mol. The van der Waals surface area contributed by atoms with E-state index in [9.17, 15) is 8.78 Å². The van der Waals surface area contributed by atoms with Crippen molar-refractivity contribution in [1.82, 2.24) is 29.5 Å². The van der Waals surface area contributed by atoms with E-state index in [1.165, 1.54) is 24.3 Å². The summed E-state index contributed by atoms with van der Waals surface area (Å²) in [4.78, 5) is 8.46. The normalized spacial score (nSPS) is 12.2. The summed E-state index contributed by atoms with van der Waals surface area (Å²) >= 11 is 13.5. The summed E-state index contributed by atoms with van der Waals surface area (Å²) in [5.74, 6) is 0.762. The number of anilines is 2. The third kappa shape index (κ3) is 8.80. The molecule has 2 unspecified atom stereocenters. The van der Waals surface area contributed by atoms with Crippen LogP contribution >= 0.6 is 43.5 Å². The van der Waals surface area contributed by atoms with Crippen LogP contribution in [0.5, 0.6) is 0 Å². The van der Waals surface area contributed by atoms with Crippen molar-refractivity contribution in [3.63, 3.8) is 0 Å². The molecule has 0 bridgehead atoms. The van der Waals surface area contributed by atoms with E-state index in [1.807, 2.05) is 57.9 Å². The van der Waals surface area contributed by atoms with Crippen molar-refractivity contribution in [2.24, 2.45) is 0 Å². The molecule has 12 heteroatoms. The molecule has 0 radical (unpaired) electrons. The fraction of sp³-hybridized carbons (Fsp3) is 0.190. The number of para-hydroxylation sites is 1. The molecule has 0 saturated carbocycles. The van der Waals surface area contributed by atoms with E-state index < -0.39 is 0 Å². The van der Waals surface area contributed by atoms with Crippen LogP contribution < -0.4 is 5.32 Å². The van der Waals surface area contributed by atoms with Crippen molar-refractivity contribution in [3.8, 4) is 33.9 Å². The monoisotopic (exact) mass is 871 g/mol. The number of benzene rings is 3. The molecule has 4 aromatic heterocycles. The topological polar surface area (TPSA) is 73.5 Å². The van der Waals surface area contributed by atoms with Gasteiger partial charge in [0.2, 0.25) is 0 Å². The number of pyridine rings is 2. The van der Waals surface area contributed by atoms with E-state index in [0.29, 0.717) is 5.15 Å². The zero-order valence-corrected chi connectivity index (χ0v) is 34.0. The minimum Gasteiger partial charge on any atom is -0.340 e. The van der Waals surface area contributed by atoms with Crippen LogP contribution in [0, 0.1) is 11.6 Å². The first-order valence-electron chi connectivity index (χ1n) is 17.6. The summed E-state index contributed by atoms with van der Waals surface area (Å²) in [6.45, 7) is 8.55. The van der Waals surface area contributed by atoms with Gasteiger partial charge >= 0.3 is 0 Å². The van der Waals surface area contributed by atoms with Gasteiger partial charge in [-0.15, -0.1) is 0 Å². The van der Waals surface area contributed by atoms with Gasteiger partial charge in [0.1, 0.15) is 22.6 Å². The molecule has 0 aliphatic heterocycles. The van der Waals surface area contributed by atoms with Crippen LogP contribution in [0.3, 0.4) is 0 Å². The lowest BCUT2D eigenvalue weighted by Gasteiger charge is -2.11. The molecule has 0 aliphatic carbocycles. The molecule has 1 N–H and O–H groups in total. The van der Waals surface area contributed by atoms with Gasteiger partial charge in [-0.3, -0.25) is 0 Å². The maximum atomic E-state index is 13.5. The van der Waals surface area contributed by atoms with E-state index >= 15 is 0 Å². The molecular formula is C42H38Br2ClF2N7. The summed E-state index contributed by atoms with van der Waals surface area (Å²) in [5.41, 5.74) is 8.11. The third-order valence-corrected chi connectivity index (χ3v) is 10.9. The summed E-state index contributed by atoms with van der Waals surface area (Å²) in [6, 6.07) is 30.3. The minimum atomic E-state index is -0.268. The summed E-state index contributed by atoms with van der Waals surface area (Å²) in [7, 11) is 0. The Kier molecular flexibility index (Phi) is 12.7. The Morgan fingerprint density at radius 2 is 1.11 bits per heavy atom. The van der Waals surface area contributed by atoms with Crippen molar-refractivity contribution in [1.29, 1.82) is 0 Å². The molecule has 54 heavy (non-hydrogen) atoms. The van der Waals surface area contributed by atoms with Gasteiger partial charge in [0.05, 0.1) is 43.1 Å². The first-order valence-corrected chi connectivity index (χ1v) is 19.5. The van der Waals surface area contributed by atoms with Gasteiger partial charge in [0, 0.05) is 53.2 Å². The molecule has 276 valence electrons. The lowest BCUT2D eigenvalue weighted by Crippen LogP contribution is -2.03. The highest BCUT2D eigenvalue weighted by molar-refractivity contribution is 9.11. The van der Waals surface area contributed by atoms with Crippen LogP contribution in [0.2, 0.25) is 5.15 Å². The number of hydrogen-bond donors (Lipinski definition) is 1. The van der Waals surface area contributed by atoms with Crippen LogP contribution in [0.1, 0.15) is 63.8 Å². The molecule has 7 aromatic rings. The second kappa shape index (κ2) is 17.6. The zero-order valence-electron chi connectivity index (χ0n) is 30.1. The van der Waals surface area contributed by atoms with Crippen molar-refractivity contribution >= 4 is 55.0 Å².